The average Bonchev–Trinajstić information content (AvgIpc) is 3.12. The minimum Gasteiger partial charge on any atom is -0.507 e. The van der Waals surface area contributed by atoms with Gasteiger partial charge in [-0.15, -0.1) is 11.3 Å². The van der Waals surface area contributed by atoms with Crippen molar-refractivity contribution in [3.8, 4) is 17.0 Å². The summed E-state index contributed by atoms with van der Waals surface area (Å²) < 4.78 is 11.2. The molecule has 3 rings (SSSR count). The molecule has 1 fully saturated rings. The van der Waals surface area contributed by atoms with Crippen molar-refractivity contribution >= 4 is 22.4 Å². The molecule has 7 heteroatoms. The minimum atomic E-state index is -0.507. The highest BCUT2D eigenvalue weighted by atomic mass is 32.1. The quantitative estimate of drug-likeness (QED) is 0.777. The van der Waals surface area contributed by atoms with Crippen molar-refractivity contribution in [3.05, 3.63) is 29.1 Å². The number of nitrogens with zero attached hydrogens (tertiary/aromatic N) is 2. The molecule has 0 spiro atoms. The van der Waals surface area contributed by atoms with Crippen molar-refractivity contribution in [2.75, 3.05) is 25.1 Å². The van der Waals surface area contributed by atoms with E-state index in [1.807, 2.05) is 51.3 Å². The van der Waals surface area contributed by atoms with Crippen molar-refractivity contribution < 1.29 is 19.4 Å². The molecule has 6 nitrogen and oxygen atoms in total. The maximum Gasteiger partial charge on any atom is 0.312 e. The number of hydrogen-bond acceptors (Lipinski definition) is 7. The monoisotopic (exact) mass is 404 g/mol. The Morgan fingerprint density at radius 1 is 1.36 bits per heavy atom. The summed E-state index contributed by atoms with van der Waals surface area (Å²) in [6.45, 7) is 8.78. The van der Waals surface area contributed by atoms with Gasteiger partial charge in [-0.05, 0) is 45.7 Å². The van der Waals surface area contributed by atoms with E-state index in [9.17, 15) is 9.90 Å². The van der Waals surface area contributed by atoms with Crippen LogP contribution in [0.3, 0.4) is 0 Å². The Morgan fingerprint density at radius 2 is 2.11 bits per heavy atom. The number of phenolic OH excluding ortho intramolecular Hbond substituents is 1. The maximum absolute atomic E-state index is 12.5. The van der Waals surface area contributed by atoms with E-state index in [0.717, 1.165) is 22.0 Å². The summed E-state index contributed by atoms with van der Waals surface area (Å²) in [4.78, 5) is 19.4. The second kappa shape index (κ2) is 8.09. The van der Waals surface area contributed by atoms with E-state index < -0.39 is 5.60 Å². The molecule has 152 valence electrons. The zero-order valence-corrected chi connectivity index (χ0v) is 17.9. The van der Waals surface area contributed by atoms with Crippen LogP contribution in [0.15, 0.2) is 23.6 Å². The molecule has 0 bridgehead atoms. The number of carbonyl (C=O) groups is 1. The minimum absolute atomic E-state index is 0.205. The number of carbonyl (C=O) groups excluding carboxylic acids is 1. The van der Waals surface area contributed by atoms with E-state index in [0.29, 0.717) is 19.5 Å². The summed E-state index contributed by atoms with van der Waals surface area (Å²) in [6, 6.07) is 5.65. The van der Waals surface area contributed by atoms with Crippen molar-refractivity contribution in [1.82, 2.24) is 4.98 Å². The summed E-state index contributed by atoms with van der Waals surface area (Å²) in [7, 11) is 1.63. The fraction of sp³-hybridized carbons (Fsp3) is 0.524. The van der Waals surface area contributed by atoms with Crippen LogP contribution in [0.4, 0.5) is 5.13 Å². The summed E-state index contributed by atoms with van der Waals surface area (Å²) in [6.07, 6.45) is 0.404. The molecule has 28 heavy (non-hydrogen) atoms. The molecule has 1 aliphatic heterocycles. The topological polar surface area (TPSA) is 71.9 Å². The molecule has 0 saturated carbocycles. The van der Waals surface area contributed by atoms with Gasteiger partial charge in [0.25, 0.3) is 0 Å². The summed E-state index contributed by atoms with van der Waals surface area (Å²) in [5, 5.41) is 13.1. The number of aryl methyl sites for hydroxylation is 1. The zero-order valence-electron chi connectivity index (χ0n) is 17.1. The standard InChI is InChI=1S/C21H28N2O4S/c1-13-7-6-8-14(18(13)24)16-12-28-20(22-16)23-10-9-15(17(11-23)26-5)19(25)27-21(2,3)4/h6-8,12,15,17,24H,9-11H2,1-5H3/t15-,17+/m1/s1. The molecule has 2 atom stereocenters. The molecule has 1 N–H and O–H groups in total. The fourth-order valence-electron chi connectivity index (χ4n) is 3.38. The largest absolute Gasteiger partial charge is 0.507 e. The van der Waals surface area contributed by atoms with Crippen LogP contribution in [-0.4, -0.2) is 48.0 Å². The third kappa shape index (κ3) is 4.47. The number of piperidine rings is 1. The molecule has 1 saturated heterocycles. The fourth-order valence-corrected chi connectivity index (χ4v) is 4.24. The SMILES string of the molecule is CO[C@H]1CN(c2nc(-c3cccc(C)c3O)cs2)CC[C@H]1C(=O)OC(C)(C)C. The smallest absolute Gasteiger partial charge is 0.312 e. The van der Waals surface area contributed by atoms with Gasteiger partial charge in [-0.3, -0.25) is 4.79 Å². The molecule has 0 radical (unpaired) electrons. The van der Waals surface area contributed by atoms with Gasteiger partial charge in [0, 0.05) is 31.1 Å². The third-order valence-corrected chi connectivity index (χ3v) is 5.75. The lowest BCUT2D eigenvalue weighted by Gasteiger charge is -2.37. The van der Waals surface area contributed by atoms with Gasteiger partial charge < -0.3 is 19.5 Å². The Balaban J connectivity index is 1.74. The first kappa shape index (κ1) is 20.6. The molecule has 1 aromatic heterocycles. The number of rotatable bonds is 4. The molecule has 2 aromatic rings. The molecule has 0 aliphatic carbocycles. The van der Waals surface area contributed by atoms with Gasteiger partial charge >= 0.3 is 5.97 Å². The lowest BCUT2D eigenvalue weighted by molar-refractivity contribution is -0.165. The van der Waals surface area contributed by atoms with Crippen LogP contribution in [-0.2, 0) is 14.3 Å². The Hall–Kier alpha value is -2.12. The highest BCUT2D eigenvalue weighted by Gasteiger charge is 2.37. The van der Waals surface area contributed by atoms with Crippen molar-refractivity contribution in [2.24, 2.45) is 5.92 Å². The number of aromatic nitrogens is 1. The highest BCUT2D eigenvalue weighted by molar-refractivity contribution is 7.14. The van der Waals surface area contributed by atoms with E-state index in [1.165, 1.54) is 11.3 Å². The number of anilines is 1. The lowest BCUT2D eigenvalue weighted by atomic mass is 9.93. The molecule has 2 heterocycles. The number of hydrogen-bond donors (Lipinski definition) is 1. The Labute approximate surface area is 170 Å². The lowest BCUT2D eigenvalue weighted by Crippen LogP contribution is -2.49. The molecule has 0 unspecified atom stereocenters. The van der Waals surface area contributed by atoms with Gasteiger partial charge in [-0.25, -0.2) is 4.98 Å². The maximum atomic E-state index is 12.5. The summed E-state index contributed by atoms with van der Waals surface area (Å²) in [5.41, 5.74) is 1.80. The number of para-hydroxylation sites is 1. The predicted octanol–water partition coefficient (Wildman–Crippen LogP) is 4.01. The summed E-state index contributed by atoms with van der Waals surface area (Å²) >= 11 is 1.53. The number of thiazole rings is 1. The van der Waals surface area contributed by atoms with Gasteiger partial charge in [-0.2, -0.15) is 0 Å². The van der Waals surface area contributed by atoms with E-state index in [-0.39, 0.29) is 23.7 Å². The van der Waals surface area contributed by atoms with E-state index >= 15 is 0 Å². The Bertz CT molecular complexity index is 843. The highest BCUT2D eigenvalue weighted by Crippen LogP contribution is 2.36. The van der Waals surface area contributed by atoms with Crippen LogP contribution in [0.25, 0.3) is 11.3 Å². The molecule has 0 amide bonds. The molecule has 1 aliphatic rings. The summed E-state index contributed by atoms with van der Waals surface area (Å²) in [5.74, 6) is -0.220. The first-order valence-corrected chi connectivity index (χ1v) is 10.3. The molecule has 1 aromatic carbocycles. The van der Waals surface area contributed by atoms with Crippen LogP contribution >= 0.6 is 11.3 Å². The number of methoxy groups -OCH3 is 1. The number of benzene rings is 1. The zero-order chi connectivity index (χ0) is 20.5. The van der Waals surface area contributed by atoms with Crippen LogP contribution in [0, 0.1) is 12.8 Å². The van der Waals surface area contributed by atoms with Crippen LogP contribution in [0.2, 0.25) is 0 Å². The average molecular weight is 405 g/mol. The number of ether oxygens (including phenoxy) is 2. The van der Waals surface area contributed by atoms with E-state index in [1.54, 1.807) is 7.11 Å². The number of aromatic hydroxyl groups is 1. The van der Waals surface area contributed by atoms with Gasteiger partial charge in [0.2, 0.25) is 0 Å². The van der Waals surface area contributed by atoms with Crippen LogP contribution in [0.5, 0.6) is 5.75 Å². The van der Waals surface area contributed by atoms with E-state index in [2.05, 4.69) is 4.90 Å². The van der Waals surface area contributed by atoms with Crippen molar-refractivity contribution in [3.63, 3.8) is 0 Å². The normalized spacial score (nSPS) is 20.2. The Morgan fingerprint density at radius 3 is 2.79 bits per heavy atom. The second-order valence-corrected chi connectivity index (χ2v) is 8.97. The second-order valence-electron chi connectivity index (χ2n) is 8.14. The van der Waals surface area contributed by atoms with Gasteiger partial charge in [0.15, 0.2) is 5.13 Å². The predicted molar refractivity (Wildman–Crippen MR) is 111 cm³/mol. The first-order valence-electron chi connectivity index (χ1n) is 9.44. The van der Waals surface area contributed by atoms with Crippen molar-refractivity contribution in [2.45, 2.75) is 45.8 Å². The van der Waals surface area contributed by atoms with E-state index in [4.69, 9.17) is 14.5 Å². The van der Waals surface area contributed by atoms with Gasteiger partial charge in [0.1, 0.15) is 11.4 Å². The third-order valence-electron chi connectivity index (χ3n) is 4.85. The molecular formula is C21H28N2O4S. The first-order chi connectivity index (χ1) is 13.2. The van der Waals surface area contributed by atoms with Crippen molar-refractivity contribution in [1.29, 1.82) is 0 Å². The Kier molecular flexibility index (Phi) is 5.95. The van der Waals surface area contributed by atoms with Crippen LogP contribution in [0.1, 0.15) is 32.8 Å². The number of phenols is 1. The van der Waals surface area contributed by atoms with Gasteiger partial charge in [-0.1, -0.05) is 12.1 Å². The number of esters is 1. The van der Waals surface area contributed by atoms with Crippen LogP contribution < -0.4 is 4.90 Å². The van der Waals surface area contributed by atoms with Gasteiger partial charge in [0.05, 0.1) is 17.7 Å². The molecular weight excluding hydrogens is 376 g/mol.